The highest BCUT2D eigenvalue weighted by Crippen LogP contribution is 2.23. The van der Waals surface area contributed by atoms with Gasteiger partial charge in [-0.15, -0.1) is 0 Å². The summed E-state index contributed by atoms with van der Waals surface area (Å²) in [6, 6.07) is 4.38. The van der Waals surface area contributed by atoms with Crippen LogP contribution in [-0.4, -0.2) is 32.0 Å². The molecule has 0 heterocycles. The zero-order valence-corrected chi connectivity index (χ0v) is 12.3. The van der Waals surface area contributed by atoms with Gasteiger partial charge in [-0.1, -0.05) is 19.1 Å². The lowest BCUT2D eigenvalue weighted by atomic mass is 10.1. The Kier molecular flexibility index (Phi) is 5.71. The molecule has 4 nitrogen and oxygen atoms in total. The van der Waals surface area contributed by atoms with Crippen LogP contribution in [0.15, 0.2) is 24.3 Å². The number of halogens is 4. The van der Waals surface area contributed by atoms with Crippen LogP contribution in [0.2, 0.25) is 0 Å². The molecule has 0 aliphatic carbocycles. The van der Waals surface area contributed by atoms with E-state index in [2.05, 4.69) is 0 Å². The summed E-state index contributed by atoms with van der Waals surface area (Å²) in [5.41, 5.74) is 0.482. The van der Waals surface area contributed by atoms with Crippen molar-refractivity contribution in [3.63, 3.8) is 0 Å². The maximum atomic E-state index is 12.8. The lowest BCUT2D eigenvalue weighted by Gasteiger charge is -2.27. The normalized spacial score (nSPS) is 14.4. The van der Waals surface area contributed by atoms with E-state index in [9.17, 15) is 26.0 Å². The number of hydrogen-bond acceptors (Lipinski definition) is 2. The van der Waals surface area contributed by atoms with Crippen molar-refractivity contribution in [1.82, 2.24) is 9.03 Å². The van der Waals surface area contributed by atoms with Crippen molar-refractivity contribution in [2.24, 2.45) is 0 Å². The Morgan fingerprint density at radius 2 is 1.76 bits per heavy atom. The summed E-state index contributed by atoms with van der Waals surface area (Å²) in [4.78, 5) is 0. The molecule has 1 rings (SSSR count). The third-order valence-corrected chi connectivity index (χ3v) is 4.56. The van der Waals surface area contributed by atoms with E-state index in [0.717, 1.165) is 16.4 Å². The molecule has 0 radical (unpaired) electrons. The van der Waals surface area contributed by atoms with E-state index < -0.39 is 34.8 Å². The third kappa shape index (κ3) is 5.25. The van der Waals surface area contributed by atoms with Gasteiger partial charge < -0.3 is 0 Å². The molecular weight excluding hydrogens is 312 g/mol. The topological polar surface area (TPSA) is 49.4 Å². The number of hydrogen-bond donors (Lipinski definition) is 1. The maximum Gasteiger partial charge on any atom is 0.402 e. The van der Waals surface area contributed by atoms with Gasteiger partial charge in [-0.3, -0.25) is 0 Å². The molecule has 9 heteroatoms. The number of nitrogens with one attached hydrogen (secondary N) is 1. The van der Waals surface area contributed by atoms with Crippen LogP contribution in [0, 0.1) is 5.82 Å². The van der Waals surface area contributed by atoms with E-state index >= 15 is 0 Å². The monoisotopic (exact) mass is 328 g/mol. The van der Waals surface area contributed by atoms with Crippen molar-refractivity contribution in [2.75, 3.05) is 13.1 Å². The molecule has 0 amide bonds. The van der Waals surface area contributed by atoms with Crippen LogP contribution >= 0.6 is 0 Å². The second-order valence-electron chi connectivity index (χ2n) is 4.37. The molecule has 0 spiro atoms. The molecule has 0 aromatic heterocycles. The average molecular weight is 328 g/mol. The first kappa shape index (κ1) is 17.9. The van der Waals surface area contributed by atoms with Crippen LogP contribution in [0.1, 0.15) is 25.5 Å². The molecule has 0 saturated heterocycles. The predicted octanol–water partition coefficient (Wildman–Crippen LogP) is 2.61. The number of alkyl halides is 3. The second-order valence-corrected chi connectivity index (χ2v) is 6.08. The van der Waals surface area contributed by atoms with E-state index in [1.807, 2.05) is 0 Å². The van der Waals surface area contributed by atoms with Crippen LogP contribution in [0.25, 0.3) is 0 Å². The summed E-state index contributed by atoms with van der Waals surface area (Å²) in [6.45, 7) is 1.37. The molecule has 0 aliphatic rings. The van der Waals surface area contributed by atoms with Crippen molar-refractivity contribution in [3.05, 3.63) is 35.6 Å². The van der Waals surface area contributed by atoms with Gasteiger partial charge in [0.2, 0.25) is 0 Å². The van der Waals surface area contributed by atoms with Crippen LogP contribution < -0.4 is 4.72 Å². The first-order valence-corrected chi connectivity index (χ1v) is 7.59. The van der Waals surface area contributed by atoms with E-state index in [4.69, 9.17) is 0 Å². The van der Waals surface area contributed by atoms with Gasteiger partial charge in [-0.05, 0) is 24.6 Å². The second kappa shape index (κ2) is 6.71. The minimum Gasteiger partial charge on any atom is -0.207 e. The molecule has 1 unspecified atom stereocenters. The zero-order chi connectivity index (χ0) is 16.3. The van der Waals surface area contributed by atoms with E-state index in [1.54, 1.807) is 0 Å². The summed E-state index contributed by atoms with van der Waals surface area (Å²) in [7, 11) is -4.29. The average Bonchev–Trinajstić information content (AvgIpc) is 2.37. The highest BCUT2D eigenvalue weighted by Gasteiger charge is 2.33. The largest absolute Gasteiger partial charge is 0.402 e. The summed E-state index contributed by atoms with van der Waals surface area (Å²) in [6.07, 6.45) is -4.63. The van der Waals surface area contributed by atoms with E-state index in [0.29, 0.717) is 5.56 Å². The molecule has 0 fully saturated rings. The van der Waals surface area contributed by atoms with Crippen LogP contribution in [0.4, 0.5) is 17.6 Å². The van der Waals surface area contributed by atoms with Crippen LogP contribution in [0.5, 0.6) is 0 Å². The van der Waals surface area contributed by atoms with Gasteiger partial charge in [0.15, 0.2) is 0 Å². The lowest BCUT2D eigenvalue weighted by Crippen LogP contribution is -2.45. The molecule has 1 aromatic rings. The highest BCUT2D eigenvalue weighted by molar-refractivity contribution is 7.87. The zero-order valence-electron chi connectivity index (χ0n) is 11.5. The van der Waals surface area contributed by atoms with Crippen molar-refractivity contribution < 1.29 is 26.0 Å². The number of nitrogens with zero attached hydrogens (tertiary/aromatic N) is 1. The Bertz CT molecular complexity index is 558. The van der Waals surface area contributed by atoms with Crippen molar-refractivity contribution >= 4 is 10.2 Å². The summed E-state index contributed by atoms with van der Waals surface area (Å²) < 4.78 is 75.5. The molecule has 0 saturated carbocycles. The Hall–Kier alpha value is -1.19. The molecule has 1 atom stereocenters. The number of benzene rings is 1. The molecule has 1 aromatic carbocycles. The maximum absolute atomic E-state index is 12.8. The van der Waals surface area contributed by atoms with Gasteiger partial charge in [-0.2, -0.15) is 30.6 Å². The summed E-state index contributed by atoms with van der Waals surface area (Å²) in [5, 5.41) is 0. The fourth-order valence-electron chi connectivity index (χ4n) is 1.82. The Morgan fingerprint density at radius 3 is 2.19 bits per heavy atom. The standard InChI is InChI=1S/C12H16F4N2O2S/c1-3-18(21(19,20)17-8-12(14,15)16)9(2)10-4-6-11(13)7-5-10/h4-7,9,17H,3,8H2,1-2H3. The van der Waals surface area contributed by atoms with Gasteiger partial charge in [0, 0.05) is 12.6 Å². The number of rotatable bonds is 6. The minimum absolute atomic E-state index is 0.0221. The van der Waals surface area contributed by atoms with Gasteiger partial charge >= 0.3 is 6.18 Å². The Labute approximate surface area is 120 Å². The van der Waals surface area contributed by atoms with Gasteiger partial charge in [-0.25, -0.2) is 4.39 Å². The van der Waals surface area contributed by atoms with Crippen LogP contribution in [-0.2, 0) is 10.2 Å². The fraction of sp³-hybridized carbons (Fsp3) is 0.500. The molecule has 1 N–H and O–H groups in total. The van der Waals surface area contributed by atoms with Gasteiger partial charge in [0.25, 0.3) is 10.2 Å². The van der Waals surface area contributed by atoms with Gasteiger partial charge in [0.05, 0.1) is 0 Å². The van der Waals surface area contributed by atoms with Crippen molar-refractivity contribution in [1.29, 1.82) is 0 Å². The van der Waals surface area contributed by atoms with Crippen LogP contribution in [0.3, 0.4) is 0 Å². The molecule has 21 heavy (non-hydrogen) atoms. The smallest absolute Gasteiger partial charge is 0.207 e. The van der Waals surface area contributed by atoms with Crippen molar-refractivity contribution in [2.45, 2.75) is 26.1 Å². The fourth-order valence-corrected chi connectivity index (χ4v) is 3.21. The van der Waals surface area contributed by atoms with E-state index in [1.165, 1.54) is 30.7 Å². The predicted molar refractivity (Wildman–Crippen MR) is 70.2 cm³/mol. The Morgan fingerprint density at radius 1 is 1.24 bits per heavy atom. The highest BCUT2D eigenvalue weighted by atomic mass is 32.2. The molecule has 0 bridgehead atoms. The summed E-state index contributed by atoms with van der Waals surface area (Å²) >= 11 is 0. The van der Waals surface area contributed by atoms with Gasteiger partial charge in [0.1, 0.15) is 12.4 Å². The van der Waals surface area contributed by atoms with E-state index in [-0.39, 0.29) is 6.54 Å². The molecule has 0 aliphatic heterocycles. The quantitative estimate of drug-likeness (QED) is 0.816. The minimum atomic E-state index is -4.63. The lowest BCUT2D eigenvalue weighted by molar-refractivity contribution is -0.121. The molecule has 120 valence electrons. The SMILES string of the molecule is CCN(C(C)c1ccc(F)cc1)S(=O)(=O)NCC(F)(F)F. The third-order valence-electron chi connectivity index (χ3n) is 2.86. The Balaban J connectivity index is 2.92. The summed E-state index contributed by atoms with van der Waals surface area (Å²) in [5.74, 6) is -0.480. The first-order chi connectivity index (χ1) is 9.57. The molecular formula is C12H16F4N2O2S. The first-order valence-electron chi connectivity index (χ1n) is 6.15. The van der Waals surface area contributed by atoms with Crippen molar-refractivity contribution in [3.8, 4) is 0 Å².